The van der Waals surface area contributed by atoms with Crippen LogP contribution >= 0.6 is 55.1 Å². The predicted molar refractivity (Wildman–Crippen MR) is 86.3 cm³/mol. The van der Waals surface area contributed by atoms with Crippen LogP contribution in [0.3, 0.4) is 0 Å². The van der Waals surface area contributed by atoms with Crippen molar-refractivity contribution < 1.29 is 4.79 Å². The second kappa shape index (κ2) is 6.27. The Kier molecular flexibility index (Phi) is 4.90. The van der Waals surface area contributed by atoms with Crippen molar-refractivity contribution in [2.24, 2.45) is 0 Å². The Morgan fingerprint density at radius 3 is 2.47 bits per heavy atom. The van der Waals surface area contributed by atoms with Gasteiger partial charge in [0.25, 0.3) is 5.91 Å². The van der Waals surface area contributed by atoms with Crippen LogP contribution in [0.4, 0.5) is 5.69 Å². The lowest BCUT2D eigenvalue weighted by molar-refractivity contribution is 0.102. The van der Waals surface area contributed by atoms with Crippen LogP contribution in [0.25, 0.3) is 0 Å². The highest BCUT2D eigenvalue weighted by Gasteiger charge is 2.12. The lowest BCUT2D eigenvalue weighted by atomic mass is 10.2. The molecule has 0 aliphatic carbocycles. The molecule has 0 aliphatic heterocycles. The van der Waals surface area contributed by atoms with E-state index in [1.807, 2.05) is 12.1 Å². The van der Waals surface area contributed by atoms with Crippen molar-refractivity contribution in [3.63, 3.8) is 0 Å². The molecule has 6 heteroatoms. The van der Waals surface area contributed by atoms with Crippen molar-refractivity contribution >= 4 is 66.7 Å². The highest BCUT2D eigenvalue weighted by atomic mass is 79.9. The van der Waals surface area contributed by atoms with E-state index >= 15 is 0 Å². The minimum absolute atomic E-state index is 0.310. The Morgan fingerprint density at radius 1 is 1.05 bits per heavy atom. The van der Waals surface area contributed by atoms with Crippen LogP contribution in [0.5, 0.6) is 0 Å². The molecule has 1 amide bonds. The molecule has 2 aromatic carbocycles. The lowest BCUT2D eigenvalue weighted by Crippen LogP contribution is -2.12. The van der Waals surface area contributed by atoms with Crippen molar-refractivity contribution in [2.75, 3.05) is 5.32 Å². The van der Waals surface area contributed by atoms with Gasteiger partial charge in [-0.05, 0) is 52.3 Å². The second-order valence-corrected chi connectivity index (χ2v) is 6.32. The summed E-state index contributed by atoms with van der Waals surface area (Å²) in [4.78, 5) is 12.1. The fourth-order valence-corrected chi connectivity index (χ4v) is 2.97. The van der Waals surface area contributed by atoms with Gasteiger partial charge >= 0.3 is 0 Å². The van der Waals surface area contributed by atoms with Crippen LogP contribution in [-0.4, -0.2) is 5.91 Å². The van der Waals surface area contributed by atoms with Gasteiger partial charge < -0.3 is 5.32 Å². The summed E-state index contributed by atoms with van der Waals surface area (Å²) in [7, 11) is 0. The topological polar surface area (TPSA) is 29.1 Å². The van der Waals surface area contributed by atoms with Gasteiger partial charge in [-0.1, -0.05) is 39.1 Å². The summed E-state index contributed by atoms with van der Waals surface area (Å²) in [5.41, 5.74) is 0.994. The van der Waals surface area contributed by atoms with E-state index in [1.54, 1.807) is 18.2 Å². The van der Waals surface area contributed by atoms with E-state index in [2.05, 4.69) is 37.2 Å². The van der Waals surface area contributed by atoms with Crippen molar-refractivity contribution in [1.29, 1.82) is 0 Å². The molecule has 0 saturated carbocycles. The van der Waals surface area contributed by atoms with Gasteiger partial charge in [-0.25, -0.2) is 0 Å². The minimum atomic E-state index is -0.310. The molecule has 0 aliphatic rings. The molecule has 0 aromatic heterocycles. The Morgan fingerprint density at radius 2 is 1.79 bits per heavy atom. The predicted octanol–water partition coefficient (Wildman–Crippen LogP) is 5.77. The quantitative estimate of drug-likeness (QED) is 0.652. The number of carbonyl (C=O) groups excluding carboxylic acids is 1. The molecule has 98 valence electrons. The van der Waals surface area contributed by atoms with E-state index < -0.39 is 0 Å². The first kappa shape index (κ1) is 14.9. The van der Waals surface area contributed by atoms with Gasteiger partial charge in [-0.15, -0.1) is 0 Å². The zero-order valence-corrected chi connectivity index (χ0v) is 14.1. The van der Waals surface area contributed by atoms with E-state index in [4.69, 9.17) is 23.2 Å². The van der Waals surface area contributed by atoms with Gasteiger partial charge in [-0.3, -0.25) is 4.79 Å². The molecule has 0 saturated heterocycles. The maximum absolute atomic E-state index is 12.1. The summed E-state index contributed by atoms with van der Waals surface area (Å²) >= 11 is 18.6. The summed E-state index contributed by atoms with van der Waals surface area (Å²) in [6, 6.07) is 10.2. The highest BCUT2D eigenvalue weighted by Crippen LogP contribution is 2.28. The minimum Gasteiger partial charge on any atom is -0.321 e. The van der Waals surface area contributed by atoms with Crippen molar-refractivity contribution in [2.45, 2.75) is 0 Å². The molecule has 0 spiro atoms. The molecule has 0 atom stereocenters. The largest absolute Gasteiger partial charge is 0.321 e. The maximum atomic E-state index is 12.1. The number of anilines is 1. The van der Waals surface area contributed by atoms with Crippen LogP contribution in [0.1, 0.15) is 10.4 Å². The van der Waals surface area contributed by atoms with Crippen molar-refractivity contribution in [3.8, 4) is 0 Å². The summed E-state index contributed by atoms with van der Waals surface area (Å²) in [6.45, 7) is 0. The van der Waals surface area contributed by atoms with Gasteiger partial charge in [0.05, 0.1) is 16.3 Å². The van der Waals surface area contributed by atoms with E-state index in [1.165, 1.54) is 6.07 Å². The molecule has 0 radical (unpaired) electrons. The Hall–Kier alpha value is -0.550. The van der Waals surface area contributed by atoms with Crippen LogP contribution in [0, 0.1) is 0 Å². The number of hydrogen-bond acceptors (Lipinski definition) is 1. The number of nitrogens with one attached hydrogen (secondary N) is 1. The molecule has 19 heavy (non-hydrogen) atoms. The average Bonchev–Trinajstić information content (AvgIpc) is 2.35. The Balaban J connectivity index is 2.28. The molecule has 0 heterocycles. The van der Waals surface area contributed by atoms with Crippen LogP contribution < -0.4 is 5.32 Å². The van der Waals surface area contributed by atoms with Gasteiger partial charge in [0.2, 0.25) is 0 Å². The van der Waals surface area contributed by atoms with Gasteiger partial charge in [0, 0.05) is 14.0 Å². The summed E-state index contributed by atoms with van der Waals surface area (Å²) < 4.78 is 1.69. The lowest BCUT2D eigenvalue weighted by Gasteiger charge is -2.09. The third kappa shape index (κ3) is 3.72. The zero-order chi connectivity index (χ0) is 14.0. The Bertz CT molecular complexity index is 647. The summed E-state index contributed by atoms with van der Waals surface area (Å²) in [5.74, 6) is -0.310. The van der Waals surface area contributed by atoms with Crippen LogP contribution in [0.2, 0.25) is 10.0 Å². The molecule has 2 aromatic rings. The smallest absolute Gasteiger partial charge is 0.257 e. The van der Waals surface area contributed by atoms with Crippen LogP contribution in [-0.2, 0) is 0 Å². The fraction of sp³-hybridized carbons (Fsp3) is 0. The number of hydrogen-bond donors (Lipinski definition) is 1. The normalized spacial score (nSPS) is 10.3. The monoisotopic (exact) mass is 421 g/mol. The van der Waals surface area contributed by atoms with Crippen molar-refractivity contribution in [3.05, 3.63) is 61.0 Å². The third-order valence-electron chi connectivity index (χ3n) is 2.35. The molecule has 0 bridgehead atoms. The van der Waals surface area contributed by atoms with Crippen LogP contribution in [0.15, 0.2) is 45.3 Å². The van der Waals surface area contributed by atoms with Gasteiger partial charge in [-0.2, -0.15) is 0 Å². The number of benzene rings is 2. The molecule has 1 N–H and O–H groups in total. The van der Waals surface area contributed by atoms with E-state index in [0.717, 1.165) is 8.95 Å². The first-order valence-corrected chi connectivity index (χ1v) is 7.53. The number of amides is 1. The molecular weight excluding hydrogens is 417 g/mol. The third-order valence-corrected chi connectivity index (χ3v) is 4.07. The Labute approximate surface area is 137 Å². The second-order valence-electron chi connectivity index (χ2n) is 3.70. The number of rotatable bonds is 2. The zero-order valence-electron chi connectivity index (χ0n) is 9.38. The first-order valence-electron chi connectivity index (χ1n) is 5.19. The van der Waals surface area contributed by atoms with E-state index in [-0.39, 0.29) is 5.91 Å². The maximum Gasteiger partial charge on any atom is 0.257 e. The molecule has 2 rings (SSSR count). The highest BCUT2D eigenvalue weighted by molar-refractivity contribution is 9.11. The standard InChI is InChI=1S/C13H7Br2Cl2NO/c14-7-1-4-12(10(15)5-7)18-13(19)9-6-8(16)2-3-11(9)17/h1-6H,(H,18,19). The molecule has 0 unspecified atom stereocenters. The molecular formula is C13H7Br2Cl2NO. The van der Waals surface area contributed by atoms with E-state index in [9.17, 15) is 4.79 Å². The first-order chi connectivity index (χ1) is 8.97. The SMILES string of the molecule is O=C(Nc1ccc(Br)cc1Br)c1cc(Cl)ccc1Cl. The van der Waals surface area contributed by atoms with Crippen molar-refractivity contribution in [1.82, 2.24) is 0 Å². The average molecular weight is 424 g/mol. The molecule has 0 fully saturated rings. The molecule has 2 nitrogen and oxygen atoms in total. The number of carbonyl (C=O) groups is 1. The summed E-state index contributed by atoms with van der Waals surface area (Å²) in [5, 5.41) is 3.59. The summed E-state index contributed by atoms with van der Waals surface area (Å²) in [6.07, 6.45) is 0. The van der Waals surface area contributed by atoms with Gasteiger partial charge in [0.15, 0.2) is 0 Å². The van der Waals surface area contributed by atoms with Gasteiger partial charge in [0.1, 0.15) is 0 Å². The van der Waals surface area contributed by atoms with E-state index in [0.29, 0.717) is 21.3 Å². The fourth-order valence-electron chi connectivity index (χ4n) is 1.45. The number of halogens is 4.